The molecule has 0 aliphatic carbocycles. The van der Waals surface area contributed by atoms with Gasteiger partial charge < -0.3 is 5.32 Å². The average Bonchev–Trinajstić information content (AvgIpc) is 3.05. The first-order valence-corrected chi connectivity index (χ1v) is 10.5. The summed E-state index contributed by atoms with van der Waals surface area (Å²) in [7, 11) is -3.49. The lowest BCUT2D eigenvalue weighted by atomic mass is 10.1. The van der Waals surface area contributed by atoms with Gasteiger partial charge in [-0.25, -0.2) is 13.1 Å². The van der Waals surface area contributed by atoms with Crippen molar-refractivity contribution < 1.29 is 13.2 Å². The molecule has 0 fully saturated rings. The number of anilines is 1. The highest BCUT2D eigenvalue weighted by atomic mass is 32.2. The quantitative estimate of drug-likeness (QED) is 0.813. The van der Waals surface area contributed by atoms with Gasteiger partial charge in [-0.05, 0) is 48.7 Å². The Balaban J connectivity index is 1.63. The number of thioether (sulfide) groups is 1. The number of hydrogen-bond acceptors (Lipinski definition) is 4. The minimum Gasteiger partial charge on any atom is -0.325 e. The maximum absolute atomic E-state index is 12.4. The van der Waals surface area contributed by atoms with E-state index in [9.17, 15) is 13.2 Å². The third-order valence-electron chi connectivity index (χ3n) is 3.91. The minimum atomic E-state index is -3.49. The summed E-state index contributed by atoms with van der Waals surface area (Å²) in [5, 5.41) is 2.71. The first-order valence-electron chi connectivity index (χ1n) is 8.15. The molecular formula is C18H20N2O3S2. The number of benzene rings is 2. The molecule has 0 spiro atoms. The van der Waals surface area contributed by atoms with Crippen LogP contribution in [0.25, 0.3) is 0 Å². The van der Waals surface area contributed by atoms with Gasteiger partial charge >= 0.3 is 0 Å². The van der Waals surface area contributed by atoms with E-state index in [2.05, 4.69) is 10.0 Å². The normalized spacial score (nSPS) is 16.4. The zero-order valence-electron chi connectivity index (χ0n) is 13.9. The molecule has 2 aromatic rings. The van der Waals surface area contributed by atoms with Crippen LogP contribution in [0, 0.1) is 0 Å². The number of hydrogen-bond donors (Lipinski definition) is 2. The molecule has 132 valence electrons. The lowest BCUT2D eigenvalue weighted by molar-refractivity contribution is -0.115. The zero-order chi connectivity index (χ0) is 17.9. The molecule has 5 nitrogen and oxygen atoms in total. The summed E-state index contributed by atoms with van der Waals surface area (Å²) in [4.78, 5) is 13.8. The molecular weight excluding hydrogens is 356 g/mol. The summed E-state index contributed by atoms with van der Waals surface area (Å²) >= 11 is 1.56. The summed E-state index contributed by atoms with van der Waals surface area (Å²) in [6.45, 7) is 2.31. The fourth-order valence-corrected chi connectivity index (χ4v) is 4.92. The largest absolute Gasteiger partial charge is 0.325 e. The molecule has 0 saturated carbocycles. The van der Waals surface area contributed by atoms with Gasteiger partial charge in [0.1, 0.15) is 0 Å². The van der Waals surface area contributed by atoms with Gasteiger partial charge in [-0.15, -0.1) is 11.8 Å². The fourth-order valence-electron chi connectivity index (χ4n) is 2.59. The topological polar surface area (TPSA) is 75.3 Å². The number of carbonyl (C=O) groups excluding carboxylic acids is 1. The number of carbonyl (C=O) groups is 1. The van der Waals surface area contributed by atoms with E-state index in [-0.39, 0.29) is 16.1 Å². The van der Waals surface area contributed by atoms with Crippen LogP contribution in [0.2, 0.25) is 0 Å². The standard InChI is InChI=1S/C18H20N2O3S2/c1-2-11-19-25(22,23)15-9-7-14(8-10-15)20-18(21)17-12-13-5-3-4-6-16(13)24-17/h3-10,17,19H,2,11-12H2,1H3,(H,20,21). The Bertz CT molecular complexity index is 839. The number of sulfonamides is 1. The van der Waals surface area contributed by atoms with Crippen LogP contribution in [0.3, 0.4) is 0 Å². The summed E-state index contributed by atoms with van der Waals surface area (Å²) in [5.74, 6) is -0.0686. The summed E-state index contributed by atoms with van der Waals surface area (Å²) in [6, 6.07) is 14.3. The van der Waals surface area contributed by atoms with Gasteiger partial charge in [-0.1, -0.05) is 25.1 Å². The highest BCUT2D eigenvalue weighted by Crippen LogP contribution is 2.37. The lowest BCUT2D eigenvalue weighted by Crippen LogP contribution is -2.25. The first-order chi connectivity index (χ1) is 12.0. The molecule has 0 saturated heterocycles. The van der Waals surface area contributed by atoms with E-state index in [1.165, 1.54) is 17.7 Å². The van der Waals surface area contributed by atoms with E-state index in [0.29, 0.717) is 18.7 Å². The average molecular weight is 377 g/mol. The molecule has 0 radical (unpaired) electrons. The van der Waals surface area contributed by atoms with Crippen LogP contribution in [-0.4, -0.2) is 26.1 Å². The SMILES string of the molecule is CCCNS(=O)(=O)c1ccc(NC(=O)C2Cc3ccccc3S2)cc1. The van der Waals surface area contributed by atoms with Crippen molar-refractivity contribution in [1.29, 1.82) is 0 Å². The second kappa shape index (κ2) is 7.59. The van der Waals surface area contributed by atoms with E-state index in [1.807, 2.05) is 31.2 Å². The monoisotopic (exact) mass is 376 g/mol. The Hall–Kier alpha value is -1.83. The fraction of sp³-hybridized carbons (Fsp3) is 0.278. The Morgan fingerprint density at radius 2 is 1.88 bits per heavy atom. The van der Waals surface area contributed by atoms with Crippen molar-refractivity contribution in [3.05, 3.63) is 54.1 Å². The van der Waals surface area contributed by atoms with Gasteiger partial charge in [-0.2, -0.15) is 0 Å². The van der Waals surface area contributed by atoms with Crippen molar-refractivity contribution in [2.75, 3.05) is 11.9 Å². The molecule has 2 N–H and O–H groups in total. The molecule has 1 aliphatic heterocycles. The van der Waals surface area contributed by atoms with Crippen molar-refractivity contribution in [1.82, 2.24) is 4.72 Å². The molecule has 7 heteroatoms. The predicted octanol–water partition coefficient (Wildman–Crippen LogP) is 3.03. The highest BCUT2D eigenvalue weighted by Gasteiger charge is 2.28. The van der Waals surface area contributed by atoms with Crippen molar-refractivity contribution in [2.24, 2.45) is 0 Å². The van der Waals surface area contributed by atoms with Crippen molar-refractivity contribution in [2.45, 2.75) is 34.8 Å². The molecule has 1 heterocycles. The van der Waals surface area contributed by atoms with Gasteiger partial charge in [0.25, 0.3) is 0 Å². The van der Waals surface area contributed by atoms with E-state index < -0.39 is 10.0 Å². The van der Waals surface area contributed by atoms with E-state index >= 15 is 0 Å². The van der Waals surface area contributed by atoms with Crippen LogP contribution in [0.4, 0.5) is 5.69 Å². The van der Waals surface area contributed by atoms with Crippen LogP contribution in [0.15, 0.2) is 58.3 Å². The third-order valence-corrected chi connectivity index (χ3v) is 6.71. The molecule has 2 aromatic carbocycles. The molecule has 1 unspecified atom stereocenters. The molecule has 1 aliphatic rings. The second-order valence-electron chi connectivity index (χ2n) is 5.83. The van der Waals surface area contributed by atoms with E-state index in [1.54, 1.807) is 23.9 Å². The highest BCUT2D eigenvalue weighted by molar-refractivity contribution is 8.01. The van der Waals surface area contributed by atoms with Crippen LogP contribution in [0.5, 0.6) is 0 Å². The van der Waals surface area contributed by atoms with Crippen LogP contribution < -0.4 is 10.0 Å². The molecule has 1 atom stereocenters. The zero-order valence-corrected chi connectivity index (χ0v) is 15.5. The van der Waals surface area contributed by atoms with Crippen molar-refractivity contribution >= 4 is 33.4 Å². The Morgan fingerprint density at radius 1 is 1.16 bits per heavy atom. The Kier molecular flexibility index (Phi) is 5.46. The molecule has 0 bridgehead atoms. The number of nitrogens with one attached hydrogen (secondary N) is 2. The molecule has 0 aromatic heterocycles. The van der Waals surface area contributed by atoms with Gasteiger partial charge in [0.15, 0.2) is 0 Å². The van der Waals surface area contributed by atoms with Crippen LogP contribution in [-0.2, 0) is 21.2 Å². The van der Waals surface area contributed by atoms with Crippen molar-refractivity contribution in [3.8, 4) is 0 Å². The van der Waals surface area contributed by atoms with E-state index in [0.717, 1.165) is 11.3 Å². The van der Waals surface area contributed by atoms with Crippen LogP contribution >= 0.6 is 11.8 Å². The lowest BCUT2D eigenvalue weighted by Gasteiger charge is -2.11. The number of rotatable bonds is 6. The van der Waals surface area contributed by atoms with Gasteiger partial charge in [-0.3, -0.25) is 4.79 Å². The van der Waals surface area contributed by atoms with Crippen molar-refractivity contribution in [3.63, 3.8) is 0 Å². The summed E-state index contributed by atoms with van der Waals surface area (Å²) in [6.07, 6.45) is 1.44. The van der Waals surface area contributed by atoms with Gasteiger partial charge in [0, 0.05) is 17.1 Å². The number of fused-ring (bicyclic) bond motifs is 1. The minimum absolute atomic E-state index is 0.0686. The smallest absolute Gasteiger partial charge is 0.240 e. The maximum atomic E-state index is 12.4. The van der Waals surface area contributed by atoms with Crippen LogP contribution in [0.1, 0.15) is 18.9 Å². The second-order valence-corrected chi connectivity index (χ2v) is 8.84. The molecule has 3 rings (SSSR count). The summed E-state index contributed by atoms with van der Waals surface area (Å²) < 4.78 is 26.6. The maximum Gasteiger partial charge on any atom is 0.240 e. The molecule has 1 amide bonds. The van der Waals surface area contributed by atoms with Gasteiger partial charge in [0.2, 0.25) is 15.9 Å². The number of amides is 1. The first kappa shape index (κ1) is 18.0. The predicted molar refractivity (Wildman–Crippen MR) is 100 cm³/mol. The molecule has 25 heavy (non-hydrogen) atoms. The third kappa shape index (κ3) is 4.23. The Morgan fingerprint density at radius 3 is 2.56 bits per heavy atom. The summed E-state index contributed by atoms with van der Waals surface area (Å²) in [5.41, 5.74) is 1.78. The van der Waals surface area contributed by atoms with Gasteiger partial charge in [0.05, 0.1) is 10.1 Å². The Labute approximate surface area is 152 Å². The van der Waals surface area contributed by atoms with E-state index in [4.69, 9.17) is 0 Å².